The molecule has 1 saturated heterocycles. The van der Waals surface area contributed by atoms with Gasteiger partial charge in [0, 0.05) is 0 Å². The van der Waals surface area contributed by atoms with Crippen LogP contribution in [0.3, 0.4) is 0 Å². The maximum absolute atomic E-state index is 12.5. The van der Waals surface area contributed by atoms with Crippen LogP contribution in [0.5, 0.6) is 0 Å². The largest absolute Gasteiger partial charge is 0.272 e. The number of carbonyl (C=O) groups excluding carboxylic acids is 3. The minimum absolute atomic E-state index is 0.119. The molecule has 1 N–H and O–H groups in total. The van der Waals surface area contributed by atoms with Crippen molar-refractivity contribution < 1.29 is 14.4 Å². The molecule has 22 heavy (non-hydrogen) atoms. The van der Waals surface area contributed by atoms with Crippen LogP contribution in [0.25, 0.3) is 0 Å². The number of carbonyl (C=O) groups is 3. The molecular formula is C16H13ClN2O3. The number of benzene rings is 1. The summed E-state index contributed by atoms with van der Waals surface area (Å²) in [6.45, 7) is 0. The molecule has 1 aromatic carbocycles. The summed E-state index contributed by atoms with van der Waals surface area (Å²) < 4.78 is 0. The number of hydrogen-bond acceptors (Lipinski definition) is 3. The summed E-state index contributed by atoms with van der Waals surface area (Å²) in [6.07, 6.45) is 4.88. The van der Waals surface area contributed by atoms with E-state index in [2.05, 4.69) is 5.43 Å². The van der Waals surface area contributed by atoms with Crippen molar-refractivity contribution in [2.24, 2.45) is 23.7 Å². The number of amides is 3. The van der Waals surface area contributed by atoms with Gasteiger partial charge in [0.15, 0.2) is 0 Å². The van der Waals surface area contributed by atoms with Gasteiger partial charge in [-0.05, 0) is 30.4 Å². The molecule has 112 valence electrons. The Labute approximate surface area is 131 Å². The summed E-state index contributed by atoms with van der Waals surface area (Å²) in [5.74, 6) is -1.59. The topological polar surface area (TPSA) is 66.5 Å². The lowest BCUT2D eigenvalue weighted by Gasteiger charge is -2.18. The van der Waals surface area contributed by atoms with Crippen LogP contribution in [0.15, 0.2) is 36.4 Å². The Morgan fingerprint density at radius 3 is 2.27 bits per heavy atom. The lowest BCUT2D eigenvalue weighted by atomic mass is 9.85. The molecule has 1 saturated carbocycles. The van der Waals surface area contributed by atoms with Gasteiger partial charge in [-0.25, -0.2) is 0 Å². The van der Waals surface area contributed by atoms with Crippen LogP contribution in [-0.4, -0.2) is 22.7 Å². The van der Waals surface area contributed by atoms with Crippen molar-refractivity contribution in [1.29, 1.82) is 0 Å². The molecule has 1 aromatic rings. The summed E-state index contributed by atoms with van der Waals surface area (Å²) >= 11 is 5.97. The third-order valence-electron chi connectivity index (χ3n) is 4.80. The summed E-state index contributed by atoms with van der Waals surface area (Å²) in [5, 5.41) is 1.16. The Morgan fingerprint density at radius 2 is 1.68 bits per heavy atom. The Balaban J connectivity index is 1.58. The molecule has 1 aliphatic heterocycles. The minimum Gasteiger partial charge on any atom is -0.272 e. The molecule has 6 heteroatoms. The van der Waals surface area contributed by atoms with Crippen molar-refractivity contribution in [1.82, 2.24) is 10.4 Å². The second-order valence-corrected chi connectivity index (χ2v) is 6.34. The molecule has 1 heterocycles. The molecule has 3 aliphatic rings. The van der Waals surface area contributed by atoms with Gasteiger partial charge in [-0.2, -0.15) is 5.01 Å². The van der Waals surface area contributed by atoms with Gasteiger partial charge in [-0.3, -0.25) is 19.8 Å². The highest BCUT2D eigenvalue weighted by molar-refractivity contribution is 6.33. The molecule has 4 atom stereocenters. The van der Waals surface area contributed by atoms with E-state index in [0.717, 1.165) is 11.4 Å². The fourth-order valence-electron chi connectivity index (χ4n) is 3.82. The lowest BCUT2D eigenvalue weighted by molar-refractivity contribution is -0.143. The third kappa shape index (κ3) is 1.75. The summed E-state index contributed by atoms with van der Waals surface area (Å²) in [4.78, 5) is 37.2. The Morgan fingerprint density at radius 1 is 1.09 bits per heavy atom. The zero-order valence-electron chi connectivity index (χ0n) is 11.5. The highest BCUT2D eigenvalue weighted by Gasteiger charge is 2.59. The van der Waals surface area contributed by atoms with Crippen LogP contribution >= 0.6 is 11.6 Å². The molecule has 0 spiro atoms. The van der Waals surface area contributed by atoms with Crippen molar-refractivity contribution in [2.45, 2.75) is 6.42 Å². The van der Waals surface area contributed by atoms with Crippen molar-refractivity contribution in [2.75, 3.05) is 0 Å². The van der Waals surface area contributed by atoms with E-state index in [9.17, 15) is 14.4 Å². The monoisotopic (exact) mass is 316 g/mol. The molecule has 2 aliphatic carbocycles. The zero-order valence-corrected chi connectivity index (χ0v) is 12.3. The highest BCUT2D eigenvalue weighted by Crippen LogP contribution is 2.52. The first-order valence-electron chi connectivity index (χ1n) is 7.19. The number of rotatable bonds is 2. The predicted molar refractivity (Wildman–Crippen MR) is 78.5 cm³/mol. The van der Waals surface area contributed by atoms with E-state index in [1.807, 2.05) is 12.2 Å². The van der Waals surface area contributed by atoms with Gasteiger partial charge in [-0.1, -0.05) is 35.9 Å². The second-order valence-electron chi connectivity index (χ2n) is 5.93. The van der Waals surface area contributed by atoms with Gasteiger partial charge in [0.2, 0.25) is 0 Å². The quantitative estimate of drug-likeness (QED) is 0.668. The van der Waals surface area contributed by atoms with Gasteiger partial charge in [-0.15, -0.1) is 0 Å². The molecule has 4 rings (SSSR count). The first-order chi connectivity index (χ1) is 10.6. The maximum Gasteiger partial charge on any atom is 0.271 e. The van der Waals surface area contributed by atoms with Crippen LogP contribution in [0.1, 0.15) is 16.8 Å². The average Bonchev–Trinajstić information content (AvgIpc) is 3.17. The Kier molecular flexibility index (Phi) is 2.87. The lowest BCUT2D eigenvalue weighted by Crippen LogP contribution is -2.47. The fraction of sp³-hybridized carbons (Fsp3) is 0.312. The number of hydrogen-bond donors (Lipinski definition) is 1. The Bertz CT molecular complexity index is 700. The molecular weight excluding hydrogens is 304 g/mol. The number of hydrazine groups is 1. The molecule has 2 bridgehead atoms. The predicted octanol–water partition coefficient (Wildman–Crippen LogP) is 1.79. The number of allylic oxidation sites excluding steroid dienone is 2. The molecule has 5 nitrogen and oxygen atoms in total. The smallest absolute Gasteiger partial charge is 0.271 e. The van der Waals surface area contributed by atoms with Crippen molar-refractivity contribution in [3.8, 4) is 0 Å². The molecule has 2 fully saturated rings. The molecule has 0 unspecified atom stereocenters. The van der Waals surface area contributed by atoms with Crippen molar-refractivity contribution in [3.63, 3.8) is 0 Å². The van der Waals surface area contributed by atoms with Crippen LogP contribution in [0.2, 0.25) is 5.02 Å². The maximum atomic E-state index is 12.5. The fourth-order valence-corrected chi connectivity index (χ4v) is 4.04. The molecule has 3 amide bonds. The third-order valence-corrected chi connectivity index (χ3v) is 5.13. The van der Waals surface area contributed by atoms with E-state index in [1.54, 1.807) is 24.3 Å². The number of imide groups is 1. The highest BCUT2D eigenvalue weighted by atomic mass is 35.5. The normalized spacial score (nSPS) is 31.8. The van der Waals surface area contributed by atoms with Crippen LogP contribution in [0.4, 0.5) is 0 Å². The summed E-state index contributed by atoms with van der Waals surface area (Å²) in [5.41, 5.74) is 2.65. The standard InChI is InChI=1S/C16H13ClN2O3/c17-11-4-2-1-3-10(11)14(20)18-19-15(21)12-8-5-6-9(7-8)13(12)16(19)22/h1-6,8-9,12-13H,7H2,(H,18,20)/t8-,9+,12-,13+. The second kappa shape index (κ2) is 4.68. The van der Waals surface area contributed by atoms with Crippen molar-refractivity contribution >= 4 is 29.3 Å². The van der Waals surface area contributed by atoms with Crippen molar-refractivity contribution in [3.05, 3.63) is 47.0 Å². The number of nitrogens with one attached hydrogen (secondary N) is 1. The van der Waals surface area contributed by atoms with Crippen LogP contribution in [-0.2, 0) is 9.59 Å². The zero-order chi connectivity index (χ0) is 15.4. The van der Waals surface area contributed by atoms with Gasteiger partial charge >= 0.3 is 0 Å². The number of halogens is 1. The minimum atomic E-state index is -0.549. The van der Waals surface area contributed by atoms with Crippen LogP contribution < -0.4 is 5.43 Å². The number of fused-ring (bicyclic) bond motifs is 5. The van der Waals surface area contributed by atoms with Gasteiger partial charge in [0.25, 0.3) is 17.7 Å². The van der Waals surface area contributed by atoms with E-state index in [0.29, 0.717) is 0 Å². The van der Waals surface area contributed by atoms with Gasteiger partial charge < -0.3 is 0 Å². The van der Waals surface area contributed by atoms with Gasteiger partial charge in [0.1, 0.15) is 0 Å². The van der Waals surface area contributed by atoms with Crippen LogP contribution in [0, 0.1) is 23.7 Å². The van der Waals surface area contributed by atoms with E-state index in [1.165, 1.54) is 0 Å². The molecule has 0 aromatic heterocycles. The van der Waals surface area contributed by atoms with E-state index in [-0.39, 0.29) is 46.1 Å². The number of nitrogens with zero attached hydrogens (tertiary/aromatic N) is 1. The van der Waals surface area contributed by atoms with Gasteiger partial charge in [0.05, 0.1) is 22.4 Å². The summed E-state index contributed by atoms with van der Waals surface area (Å²) in [6, 6.07) is 6.52. The SMILES string of the molecule is O=C(NN1C(=O)[C@@H]2[C@H](C1=O)[C@@H]1C=C[C@H]2C1)c1ccccc1Cl. The summed E-state index contributed by atoms with van der Waals surface area (Å²) in [7, 11) is 0. The van der Waals surface area contributed by atoms with E-state index in [4.69, 9.17) is 11.6 Å². The average molecular weight is 317 g/mol. The molecule has 0 radical (unpaired) electrons. The first kappa shape index (κ1) is 13.5. The first-order valence-corrected chi connectivity index (χ1v) is 7.57. The Hall–Kier alpha value is -2.14. The van der Waals surface area contributed by atoms with E-state index >= 15 is 0 Å². The van der Waals surface area contributed by atoms with E-state index < -0.39 is 5.91 Å².